The van der Waals surface area contributed by atoms with E-state index in [0.29, 0.717) is 28.0 Å². The lowest BCUT2D eigenvalue weighted by Gasteiger charge is -2.31. The van der Waals surface area contributed by atoms with Crippen molar-refractivity contribution >= 4 is 27.3 Å². The quantitative estimate of drug-likeness (QED) is 0.454. The van der Waals surface area contributed by atoms with Gasteiger partial charge in [-0.3, -0.25) is 4.31 Å². The van der Waals surface area contributed by atoms with E-state index in [1.54, 1.807) is 55.5 Å². The molecular formula is C23H24ClNO5S. The highest BCUT2D eigenvalue weighted by Crippen LogP contribution is 2.39. The summed E-state index contributed by atoms with van der Waals surface area (Å²) in [5.41, 5.74) is 1.17. The fraction of sp³-hybridized carbons (Fsp3) is 0.217. The second-order valence-corrected chi connectivity index (χ2v) is 9.00. The number of halogens is 1. The van der Waals surface area contributed by atoms with Crippen molar-refractivity contribution in [3.05, 3.63) is 77.3 Å². The van der Waals surface area contributed by atoms with E-state index in [0.717, 1.165) is 5.56 Å². The summed E-state index contributed by atoms with van der Waals surface area (Å²) in [6, 6.07) is 17.9. The summed E-state index contributed by atoms with van der Waals surface area (Å²) in [5.74, 6) is 1.37. The zero-order chi connectivity index (χ0) is 22.6. The average Bonchev–Trinajstić information content (AvgIpc) is 2.78. The van der Waals surface area contributed by atoms with Gasteiger partial charge in [-0.15, -0.1) is 0 Å². The summed E-state index contributed by atoms with van der Waals surface area (Å²) < 4.78 is 44.9. The van der Waals surface area contributed by atoms with E-state index < -0.39 is 16.1 Å². The van der Waals surface area contributed by atoms with E-state index in [-0.39, 0.29) is 4.90 Å². The van der Waals surface area contributed by atoms with Crippen LogP contribution in [0.1, 0.15) is 18.5 Å². The van der Waals surface area contributed by atoms with Crippen LogP contribution in [0.2, 0.25) is 5.02 Å². The van der Waals surface area contributed by atoms with E-state index >= 15 is 0 Å². The molecule has 0 aromatic heterocycles. The van der Waals surface area contributed by atoms with Gasteiger partial charge in [-0.25, -0.2) is 8.42 Å². The third-order valence-electron chi connectivity index (χ3n) is 4.90. The summed E-state index contributed by atoms with van der Waals surface area (Å²) in [5, 5.41) is 0.524. The smallest absolute Gasteiger partial charge is 0.265 e. The number of methoxy groups -OCH3 is 3. The van der Waals surface area contributed by atoms with Crippen LogP contribution in [0.4, 0.5) is 5.69 Å². The molecule has 3 rings (SSSR count). The standard InChI is InChI=1S/C23H24ClNO5S/c1-16(17-7-5-8-18(24)13-17)25(19-11-12-22(29-3)23(14-19)30-4)31(26,27)21-10-6-9-20(15-21)28-2/h5-16H,1-4H3/t16-/m0/s1. The maximum atomic E-state index is 13.8. The van der Waals surface area contributed by atoms with Crippen LogP contribution < -0.4 is 18.5 Å². The molecule has 0 saturated carbocycles. The molecule has 31 heavy (non-hydrogen) atoms. The van der Waals surface area contributed by atoms with Crippen LogP contribution in [0.25, 0.3) is 0 Å². The van der Waals surface area contributed by atoms with E-state index in [9.17, 15) is 8.42 Å². The monoisotopic (exact) mass is 461 g/mol. The van der Waals surface area contributed by atoms with Gasteiger partial charge < -0.3 is 14.2 Å². The molecule has 3 aromatic carbocycles. The molecule has 0 amide bonds. The van der Waals surface area contributed by atoms with Gasteiger partial charge in [-0.05, 0) is 48.9 Å². The summed E-state index contributed by atoms with van der Waals surface area (Å²) >= 11 is 6.18. The van der Waals surface area contributed by atoms with Crippen LogP contribution in [-0.4, -0.2) is 29.7 Å². The van der Waals surface area contributed by atoms with Gasteiger partial charge in [0.1, 0.15) is 5.75 Å². The Kier molecular flexibility index (Phi) is 6.97. The molecule has 8 heteroatoms. The van der Waals surface area contributed by atoms with Crippen molar-refractivity contribution in [2.75, 3.05) is 25.6 Å². The van der Waals surface area contributed by atoms with Crippen LogP contribution in [0, 0.1) is 0 Å². The molecule has 6 nitrogen and oxygen atoms in total. The Hall–Kier alpha value is -2.90. The van der Waals surface area contributed by atoms with Gasteiger partial charge in [0, 0.05) is 17.2 Å². The molecule has 3 aromatic rings. The van der Waals surface area contributed by atoms with Crippen LogP contribution in [0.3, 0.4) is 0 Å². The normalized spacial score (nSPS) is 12.2. The molecule has 0 unspecified atom stereocenters. The summed E-state index contributed by atoms with van der Waals surface area (Å²) in [4.78, 5) is 0.107. The minimum Gasteiger partial charge on any atom is -0.497 e. The predicted octanol–water partition coefficient (Wildman–Crippen LogP) is 5.32. The molecule has 0 bridgehead atoms. The topological polar surface area (TPSA) is 65.1 Å². The lowest BCUT2D eigenvalue weighted by atomic mass is 10.1. The minimum absolute atomic E-state index is 0.107. The molecule has 0 N–H and O–H groups in total. The van der Waals surface area contributed by atoms with Gasteiger partial charge in [0.05, 0.1) is 38.0 Å². The number of ether oxygens (including phenoxy) is 3. The average molecular weight is 462 g/mol. The highest BCUT2D eigenvalue weighted by Gasteiger charge is 2.31. The third kappa shape index (κ3) is 4.73. The number of hydrogen-bond donors (Lipinski definition) is 0. The molecule has 0 aliphatic rings. The van der Waals surface area contributed by atoms with Crippen molar-refractivity contribution in [1.29, 1.82) is 0 Å². The lowest BCUT2D eigenvalue weighted by Crippen LogP contribution is -2.33. The van der Waals surface area contributed by atoms with Crippen molar-refractivity contribution in [1.82, 2.24) is 0 Å². The Labute approximate surface area is 188 Å². The molecule has 164 valence electrons. The van der Waals surface area contributed by atoms with Gasteiger partial charge in [-0.1, -0.05) is 29.8 Å². The lowest BCUT2D eigenvalue weighted by molar-refractivity contribution is 0.355. The summed E-state index contributed by atoms with van der Waals surface area (Å²) in [7, 11) is 0.542. The number of rotatable bonds is 8. The summed E-state index contributed by atoms with van der Waals surface area (Å²) in [6.07, 6.45) is 0. The van der Waals surface area contributed by atoms with E-state index in [1.807, 2.05) is 6.07 Å². The zero-order valence-corrected chi connectivity index (χ0v) is 19.3. The largest absolute Gasteiger partial charge is 0.497 e. The van der Waals surface area contributed by atoms with Crippen LogP contribution in [0.5, 0.6) is 17.2 Å². The first-order valence-corrected chi connectivity index (χ1v) is 11.3. The van der Waals surface area contributed by atoms with Gasteiger partial charge >= 0.3 is 0 Å². The minimum atomic E-state index is -3.98. The molecule has 0 radical (unpaired) electrons. The van der Waals surface area contributed by atoms with E-state index in [1.165, 1.54) is 37.8 Å². The second kappa shape index (κ2) is 9.49. The van der Waals surface area contributed by atoms with Crippen LogP contribution in [-0.2, 0) is 10.0 Å². The molecule has 0 spiro atoms. The SMILES string of the molecule is COc1cccc(S(=O)(=O)N(c2ccc(OC)c(OC)c2)[C@@H](C)c2cccc(Cl)c2)c1. The molecule has 0 aliphatic carbocycles. The molecule has 1 atom stereocenters. The van der Waals surface area contributed by atoms with Crippen molar-refractivity contribution in [2.24, 2.45) is 0 Å². The Morgan fingerprint density at radius 1 is 0.839 bits per heavy atom. The highest BCUT2D eigenvalue weighted by molar-refractivity contribution is 7.92. The van der Waals surface area contributed by atoms with E-state index in [2.05, 4.69) is 0 Å². The van der Waals surface area contributed by atoms with Crippen LogP contribution >= 0.6 is 11.6 Å². The number of benzene rings is 3. The van der Waals surface area contributed by atoms with Gasteiger partial charge in [0.15, 0.2) is 11.5 Å². The van der Waals surface area contributed by atoms with Crippen molar-refractivity contribution in [3.8, 4) is 17.2 Å². The predicted molar refractivity (Wildman–Crippen MR) is 122 cm³/mol. The van der Waals surface area contributed by atoms with Crippen molar-refractivity contribution < 1.29 is 22.6 Å². The Bertz CT molecular complexity index is 1170. The molecule has 0 aliphatic heterocycles. The first-order valence-electron chi connectivity index (χ1n) is 9.47. The van der Waals surface area contributed by atoms with Crippen LogP contribution in [0.15, 0.2) is 71.6 Å². The highest BCUT2D eigenvalue weighted by atomic mass is 35.5. The maximum absolute atomic E-state index is 13.8. The zero-order valence-electron chi connectivity index (χ0n) is 17.7. The van der Waals surface area contributed by atoms with Gasteiger partial charge in [-0.2, -0.15) is 0 Å². The van der Waals surface area contributed by atoms with E-state index in [4.69, 9.17) is 25.8 Å². The first-order chi connectivity index (χ1) is 14.8. The second-order valence-electron chi connectivity index (χ2n) is 6.75. The first kappa shape index (κ1) is 22.8. The molecule has 0 saturated heterocycles. The number of sulfonamides is 1. The Balaban J connectivity index is 2.21. The Morgan fingerprint density at radius 3 is 2.19 bits per heavy atom. The van der Waals surface area contributed by atoms with Crippen molar-refractivity contribution in [3.63, 3.8) is 0 Å². The third-order valence-corrected chi connectivity index (χ3v) is 7.03. The Morgan fingerprint density at radius 2 is 1.55 bits per heavy atom. The number of hydrogen-bond acceptors (Lipinski definition) is 5. The fourth-order valence-electron chi connectivity index (χ4n) is 3.31. The number of anilines is 1. The van der Waals surface area contributed by atoms with Gasteiger partial charge in [0.25, 0.3) is 10.0 Å². The van der Waals surface area contributed by atoms with Gasteiger partial charge in [0.2, 0.25) is 0 Å². The van der Waals surface area contributed by atoms with Crippen molar-refractivity contribution in [2.45, 2.75) is 17.9 Å². The molecule has 0 fully saturated rings. The number of nitrogens with zero attached hydrogens (tertiary/aromatic N) is 1. The molecule has 0 heterocycles. The molecular weight excluding hydrogens is 438 g/mol. The maximum Gasteiger partial charge on any atom is 0.265 e. The fourth-order valence-corrected chi connectivity index (χ4v) is 5.18. The summed E-state index contributed by atoms with van der Waals surface area (Å²) in [6.45, 7) is 1.81.